The zero-order valence-corrected chi connectivity index (χ0v) is 17.8. The minimum atomic E-state index is -0.592. The number of nitrogens with zero attached hydrogens (tertiary/aromatic N) is 5. The van der Waals surface area contributed by atoms with Crippen molar-refractivity contribution in [3.63, 3.8) is 0 Å². The van der Waals surface area contributed by atoms with E-state index in [1.807, 2.05) is 18.4 Å². The van der Waals surface area contributed by atoms with Crippen molar-refractivity contribution in [1.82, 2.24) is 23.1 Å². The summed E-state index contributed by atoms with van der Waals surface area (Å²) in [4.78, 5) is 30.9. The van der Waals surface area contributed by atoms with E-state index in [1.165, 1.54) is 29.8 Å². The predicted octanol–water partition coefficient (Wildman–Crippen LogP) is 2.25. The molecule has 3 aromatic heterocycles. The molecule has 1 aromatic carbocycles. The number of ether oxygens (including phenoxy) is 1. The molecular formula is C20H21ClFN5O3. The van der Waals surface area contributed by atoms with Crippen LogP contribution in [0.15, 0.2) is 27.8 Å². The lowest BCUT2D eigenvalue weighted by Gasteiger charge is -2.10. The average Bonchev–Trinajstić information content (AvgIpc) is 3.20. The molecule has 0 fully saturated rings. The van der Waals surface area contributed by atoms with Crippen LogP contribution in [-0.4, -0.2) is 36.8 Å². The maximum Gasteiger partial charge on any atom is 0.332 e. The number of aromatic nitrogens is 5. The summed E-state index contributed by atoms with van der Waals surface area (Å²) >= 11 is 6.12. The average molecular weight is 434 g/mol. The molecule has 10 heteroatoms. The Balaban J connectivity index is 2.04. The van der Waals surface area contributed by atoms with Gasteiger partial charge < -0.3 is 9.30 Å². The van der Waals surface area contributed by atoms with E-state index < -0.39 is 17.1 Å². The SMILES string of the molecule is COCCn1c(C)c(C)n2c3c(=O)n(Cc4c(F)cccc4Cl)c(=O)n(C)c3nc12. The lowest BCUT2D eigenvalue weighted by molar-refractivity contribution is 0.187. The molecule has 0 saturated carbocycles. The Morgan fingerprint density at radius 1 is 1.17 bits per heavy atom. The van der Waals surface area contributed by atoms with Gasteiger partial charge in [0, 0.05) is 42.7 Å². The summed E-state index contributed by atoms with van der Waals surface area (Å²) in [5.41, 5.74) is 1.24. The van der Waals surface area contributed by atoms with E-state index in [0.29, 0.717) is 18.9 Å². The third-order valence-corrected chi connectivity index (χ3v) is 5.88. The Kier molecular flexibility index (Phi) is 5.03. The summed E-state index contributed by atoms with van der Waals surface area (Å²) in [6.45, 7) is 4.57. The summed E-state index contributed by atoms with van der Waals surface area (Å²) in [6.07, 6.45) is 0. The maximum absolute atomic E-state index is 14.3. The molecule has 3 heterocycles. The first-order chi connectivity index (χ1) is 14.3. The molecule has 0 atom stereocenters. The van der Waals surface area contributed by atoms with Crippen molar-refractivity contribution in [2.75, 3.05) is 13.7 Å². The van der Waals surface area contributed by atoms with Crippen LogP contribution in [0.5, 0.6) is 0 Å². The lowest BCUT2D eigenvalue weighted by atomic mass is 10.2. The van der Waals surface area contributed by atoms with Crippen LogP contribution in [-0.2, 0) is 24.9 Å². The molecule has 8 nitrogen and oxygen atoms in total. The van der Waals surface area contributed by atoms with Crippen LogP contribution in [0.25, 0.3) is 16.9 Å². The molecule has 0 radical (unpaired) electrons. The molecule has 0 aliphatic heterocycles. The van der Waals surface area contributed by atoms with Crippen LogP contribution in [0.3, 0.4) is 0 Å². The fourth-order valence-electron chi connectivity index (χ4n) is 3.75. The van der Waals surface area contributed by atoms with E-state index in [2.05, 4.69) is 4.98 Å². The number of halogens is 2. The number of benzene rings is 1. The number of hydrogen-bond acceptors (Lipinski definition) is 4. The monoisotopic (exact) mass is 433 g/mol. The van der Waals surface area contributed by atoms with Gasteiger partial charge >= 0.3 is 5.69 Å². The molecule has 0 aliphatic rings. The van der Waals surface area contributed by atoms with Crippen LogP contribution in [0, 0.1) is 19.7 Å². The maximum atomic E-state index is 14.3. The molecule has 0 N–H and O–H groups in total. The number of rotatable bonds is 5. The third kappa shape index (κ3) is 2.88. The van der Waals surface area contributed by atoms with Crippen LogP contribution < -0.4 is 11.2 Å². The molecule has 0 bridgehead atoms. The Labute approximate surface area is 175 Å². The molecule has 0 amide bonds. The van der Waals surface area contributed by atoms with Crippen LogP contribution in [0.1, 0.15) is 17.0 Å². The topological polar surface area (TPSA) is 75.5 Å². The molecule has 0 aliphatic carbocycles. The first kappa shape index (κ1) is 20.4. The zero-order chi connectivity index (χ0) is 21.7. The highest BCUT2D eigenvalue weighted by atomic mass is 35.5. The van der Waals surface area contributed by atoms with Gasteiger partial charge in [0.15, 0.2) is 11.2 Å². The van der Waals surface area contributed by atoms with Gasteiger partial charge in [-0.25, -0.2) is 9.18 Å². The number of hydrogen-bond donors (Lipinski definition) is 0. The Hall–Kier alpha value is -2.91. The number of fused-ring (bicyclic) bond motifs is 3. The van der Waals surface area contributed by atoms with Crippen LogP contribution in [0.2, 0.25) is 5.02 Å². The lowest BCUT2D eigenvalue weighted by Crippen LogP contribution is -2.40. The fourth-order valence-corrected chi connectivity index (χ4v) is 3.97. The number of imidazole rings is 2. The van der Waals surface area contributed by atoms with Gasteiger partial charge in [-0.3, -0.25) is 18.3 Å². The quantitative estimate of drug-likeness (QED) is 0.484. The standard InChI is InChI=1S/C20H21ClFN5O3/c1-11-12(2)27-16-17(23-19(27)25(11)8-9-30-4)24(3)20(29)26(18(16)28)10-13-14(21)6-5-7-15(13)22/h5-7H,8-10H2,1-4H3. The second-order valence-corrected chi connectivity index (χ2v) is 7.57. The van der Waals surface area contributed by atoms with Gasteiger partial charge in [-0.15, -0.1) is 0 Å². The fraction of sp³-hybridized carbons (Fsp3) is 0.350. The predicted molar refractivity (Wildman–Crippen MR) is 112 cm³/mol. The number of aryl methyl sites for hydroxylation is 2. The molecule has 158 valence electrons. The van der Waals surface area contributed by atoms with Crippen molar-refractivity contribution >= 4 is 28.5 Å². The molecule has 4 rings (SSSR count). The Morgan fingerprint density at radius 2 is 1.90 bits per heavy atom. The first-order valence-corrected chi connectivity index (χ1v) is 9.75. The summed E-state index contributed by atoms with van der Waals surface area (Å²) < 4.78 is 25.5. The largest absolute Gasteiger partial charge is 0.383 e. The molecular weight excluding hydrogens is 413 g/mol. The second-order valence-electron chi connectivity index (χ2n) is 7.17. The van der Waals surface area contributed by atoms with Crippen molar-refractivity contribution in [1.29, 1.82) is 0 Å². The Morgan fingerprint density at radius 3 is 2.57 bits per heavy atom. The number of methoxy groups -OCH3 is 1. The molecule has 0 unspecified atom stereocenters. The molecule has 4 aromatic rings. The molecule has 0 saturated heterocycles. The molecule has 30 heavy (non-hydrogen) atoms. The van der Waals surface area contributed by atoms with E-state index in [9.17, 15) is 14.0 Å². The van der Waals surface area contributed by atoms with E-state index >= 15 is 0 Å². The zero-order valence-electron chi connectivity index (χ0n) is 17.1. The van der Waals surface area contributed by atoms with Crippen LogP contribution in [0.4, 0.5) is 4.39 Å². The summed E-state index contributed by atoms with van der Waals surface area (Å²) in [7, 11) is 3.15. The van der Waals surface area contributed by atoms with Gasteiger partial charge in [0.25, 0.3) is 5.56 Å². The van der Waals surface area contributed by atoms with Gasteiger partial charge in [0.05, 0.1) is 13.2 Å². The van der Waals surface area contributed by atoms with Crippen molar-refractivity contribution in [3.05, 3.63) is 66.8 Å². The highest BCUT2D eigenvalue weighted by Gasteiger charge is 2.23. The van der Waals surface area contributed by atoms with Crippen LogP contribution >= 0.6 is 11.6 Å². The van der Waals surface area contributed by atoms with Gasteiger partial charge in [-0.1, -0.05) is 17.7 Å². The third-order valence-electron chi connectivity index (χ3n) is 5.53. The van der Waals surface area contributed by atoms with E-state index in [1.54, 1.807) is 11.5 Å². The highest BCUT2D eigenvalue weighted by Crippen LogP contribution is 2.22. The van der Waals surface area contributed by atoms with Crippen molar-refractivity contribution < 1.29 is 9.13 Å². The summed E-state index contributed by atoms with van der Waals surface area (Å²) in [6, 6.07) is 4.24. The van der Waals surface area contributed by atoms with Gasteiger partial charge in [-0.2, -0.15) is 4.98 Å². The molecule has 0 spiro atoms. The normalized spacial score (nSPS) is 11.8. The minimum absolute atomic E-state index is 0.0871. The van der Waals surface area contributed by atoms with Crippen molar-refractivity contribution in [3.8, 4) is 0 Å². The van der Waals surface area contributed by atoms with Gasteiger partial charge in [0.2, 0.25) is 5.78 Å². The van der Waals surface area contributed by atoms with E-state index in [-0.39, 0.29) is 28.3 Å². The summed E-state index contributed by atoms with van der Waals surface area (Å²) in [5.74, 6) is -0.0291. The van der Waals surface area contributed by atoms with Crippen molar-refractivity contribution in [2.24, 2.45) is 7.05 Å². The second kappa shape index (κ2) is 7.41. The Bertz CT molecular complexity index is 1390. The van der Waals surface area contributed by atoms with E-state index in [4.69, 9.17) is 16.3 Å². The van der Waals surface area contributed by atoms with Gasteiger partial charge in [0.1, 0.15) is 5.82 Å². The van der Waals surface area contributed by atoms with E-state index in [0.717, 1.165) is 16.0 Å². The smallest absolute Gasteiger partial charge is 0.332 e. The summed E-state index contributed by atoms with van der Waals surface area (Å²) in [5, 5.41) is 0.153. The van der Waals surface area contributed by atoms with Gasteiger partial charge in [-0.05, 0) is 26.0 Å². The highest BCUT2D eigenvalue weighted by molar-refractivity contribution is 6.31. The minimum Gasteiger partial charge on any atom is -0.383 e. The van der Waals surface area contributed by atoms with Crippen molar-refractivity contribution in [2.45, 2.75) is 26.9 Å². The first-order valence-electron chi connectivity index (χ1n) is 9.37.